The largest absolute Gasteiger partial charge is 0.355 e. The van der Waals surface area contributed by atoms with Crippen molar-refractivity contribution in [3.8, 4) is 0 Å². The molecule has 1 aliphatic heterocycles. The average molecular weight is 457 g/mol. The summed E-state index contributed by atoms with van der Waals surface area (Å²) in [6.07, 6.45) is 2.25. The molecule has 1 heterocycles. The summed E-state index contributed by atoms with van der Waals surface area (Å²) < 4.78 is 0.878. The third kappa shape index (κ3) is 6.93. The van der Waals surface area contributed by atoms with Crippen molar-refractivity contribution >= 4 is 34.4 Å². The molecule has 2 rings (SSSR count). The van der Waals surface area contributed by atoms with Gasteiger partial charge in [0.15, 0.2) is 0 Å². The highest BCUT2D eigenvalue weighted by atomic mass is 127. The van der Waals surface area contributed by atoms with Crippen molar-refractivity contribution in [2.24, 2.45) is 11.8 Å². The minimum atomic E-state index is -0.212. The van der Waals surface area contributed by atoms with Gasteiger partial charge in [-0.05, 0) is 65.9 Å². The van der Waals surface area contributed by atoms with Gasteiger partial charge in [-0.3, -0.25) is 9.59 Å². The van der Waals surface area contributed by atoms with Crippen LogP contribution in [0.3, 0.4) is 0 Å². The van der Waals surface area contributed by atoms with Crippen LogP contribution in [0.5, 0.6) is 0 Å². The van der Waals surface area contributed by atoms with Crippen molar-refractivity contribution in [2.75, 3.05) is 32.7 Å². The summed E-state index contributed by atoms with van der Waals surface area (Å²) in [5, 5.41) is 5.56. The number of benzene rings is 1. The lowest BCUT2D eigenvalue weighted by Crippen LogP contribution is -2.41. The van der Waals surface area contributed by atoms with Crippen molar-refractivity contribution in [2.45, 2.75) is 26.7 Å². The fourth-order valence-corrected chi connectivity index (χ4v) is 4.10. The van der Waals surface area contributed by atoms with Crippen LogP contribution < -0.4 is 10.6 Å². The first-order chi connectivity index (χ1) is 12.0. The Hall–Kier alpha value is -1.15. The highest BCUT2D eigenvalue weighted by molar-refractivity contribution is 14.1. The zero-order valence-corrected chi connectivity index (χ0v) is 17.2. The molecule has 2 N–H and O–H groups in total. The Bertz CT molecular complexity index is 584. The fraction of sp³-hybridized carbons (Fsp3) is 0.579. The number of piperidine rings is 1. The first-order valence-electron chi connectivity index (χ1n) is 8.97. The number of hydrogen-bond acceptors (Lipinski definition) is 3. The molecule has 0 aromatic heterocycles. The molecule has 1 aromatic carbocycles. The monoisotopic (exact) mass is 457 g/mol. The summed E-state index contributed by atoms with van der Waals surface area (Å²) in [4.78, 5) is 26.4. The Balaban J connectivity index is 1.61. The normalized spacial score (nSPS) is 20.9. The van der Waals surface area contributed by atoms with Crippen molar-refractivity contribution in [1.82, 2.24) is 15.5 Å². The Labute approximate surface area is 164 Å². The summed E-state index contributed by atoms with van der Waals surface area (Å²) >= 11 is 2.12. The molecule has 1 saturated heterocycles. The fourth-order valence-electron chi connectivity index (χ4n) is 3.47. The lowest BCUT2D eigenvalue weighted by Gasteiger charge is -2.34. The second-order valence-electron chi connectivity index (χ2n) is 7.07. The molecule has 1 aromatic rings. The van der Waals surface area contributed by atoms with E-state index >= 15 is 0 Å². The lowest BCUT2D eigenvalue weighted by molar-refractivity contribution is -0.120. The van der Waals surface area contributed by atoms with Crippen LogP contribution >= 0.6 is 22.6 Å². The second-order valence-corrected chi connectivity index (χ2v) is 8.23. The van der Waals surface area contributed by atoms with E-state index in [4.69, 9.17) is 0 Å². The Morgan fingerprint density at radius 3 is 2.52 bits per heavy atom. The van der Waals surface area contributed by atoms with E-state index < -0.39 is 0 Å². The number of rotatable bonds is 7. The summed E-state index contributed by atoms with van der Waals surface area (Å²) in [6.45, 7) is 8.61. The van der Waals surface area contributed by atoms with E-state index in [9.17, 15) is 9.59 Å². The molecule has 5 nitrogen and oxygen atoms in total. The quantitative estimate of drug-likeness (QED) is 0.489. The van der Waals surface area contributed by atoms with Gasteiger partial charge in [0.2, 0.25) is 5.91 Å². The molecule has 0 radical (unpaired) electrons. The van der Waals surface area contributed by atoms with E-state index in [2.05, 4.69) is 52.0 Å². The molecule has 0 aliphatic carbocycles. The van der Waals surface area contributed by atoms with Gasteiger partial charge in [-0.1, -0.05) is 26.0 Å². The molecule has 6 heteroatoms. The van der Waals surface area contributed by atoms with Crippen LogP contribution in [0.15, 0.2) is 24.3 Å². The van der Waals surface area contributed by atoms with E-state index in [1.54, 1.807) is 6.07 Å². The Morgan fingerprint density at radius 2 is 1.84 bits per heavy atom. The number of carbonyl (C=O) groups excluding carboxylic acids is 2. The molecule has 2 atom stereocenters. The van der Waals surface area contributed by atoms with E-state index in [1.165, 1.54) is 6.42 Å². The summed E-state index contributed by atoms with van der Waals surface area (Å²) in [5.41, 5.74) is 0.601. The molecule has 0 saturated carbocycles. The van der Waals surface area contributed by atoms with Crippen molar-refractivity contribution in [3.63, 3.8) is 0 Å². The Morgan fingerprint density at radius 1 is 1.16 bits per heavy atom. The maximum absolute atomic E-state index is 12.1. The van der Waals surface area contributed by atoms with Crippen molar-refractivity contribution in [3.05, 3.63) is 33.4 Å². The van der Waals surface area contributed by atoms with Crippen molar-refractivity contribution in [1.29, 1.82) is 0 Å². The van der Waals surface area contributed by atoms with E-state index in [0.717, 1.165) is 41.5 Å². The van der Waals surface area contributed by atoms with Gasteiger partial charge in [0.05, 0.1) is 12.1 Å². The molecule has 138 valence electrons. The Kier molecular flexibility index (Phi) is 8.15. The molecular formula is C19H28IN3O2. The minimum absolute atomic E-state index is 0.0155. The van der Waals surface area contributed by atoms with E-state index in [-0.39, 0.29) is 18.4 Å². The first kappa shape index (κ1) is 20.2. The zero-order chi connectivity index (χ0) is 18.2. The van der Waals surface area contributed by atoms with Crippen molar-refractivity contribution < 1.29 is 9.59 Å². The molecule has 2 amide bonds. The molecule has 2 unspecified atom stereocenters. The standard InChI is InChI=1S/C19H28IN3O2/c1-14-10-15(2)13-23(12-14)9-5-8-21-18(24)11-22-19(25)16-6-3-4-7-17(16)20/h3-4,6-7,14-15H,5,8-13H2,1-2H3,(H,21,24)(H,22,25). The number of carbonyl (C=O) groups is 2. The van der Waals surface area contributed by atoms with Gasteiger partial charge in [-0.2, -0.15) is 0 Å². The van der Waals surface area contributed by atoms with Gasteiger partial charge < -0.3 is 15.5 Å². The number of nitrogens with zero attached hydrogens (tertiary/aromatic N) is 1. The van der Waals surface area contributed by atoms with Gasteiger partial charge in [0.25, 0.3) is 5.91 Å². The smallest absolute Gasteiger partial charge is 0.252 e. The van der Waals surface area contributed by atoms with Crippen LogP contribution in [0.1, 0.15) is 37.0 Å². The van der Waals surface area contributed by atoms with Crippen LogP contribution in [-0.2, 0) is 4.79 Å². The van der Waals surface area contributed by atoms with Crippen LogP contribution in [0.4, 0.5) is 0 Å². The maximum Gasteiger partial charge on any atom is 0.252 e. The average Bonchev–Trinajstić information content (AvgIpc) is 2.56. The predicted molar refractivity (Wildman–Crippen MR) is 109 cm³/mol. The number of halogens is 1. The highest BCUT2D eigenvalue weighted by Crippen LogP contribution is 2.20. The number of likely N-dealkylation sites (tertiary alicyclic amines) is 1. The molecule has 1 fully saturated rings. The molecular weight excluding hydrogens is 429 g/mol. The number of hydrogen-bond donors (Lipinski definition) is 2. The van der Waals surface area contributed by atoms with Crippen LogP contribution in [0.2, 0.25) is 0 Å². The minimum Gasteiger partial charge on any atom is -0.355 e. The zero-order valence-electron chi connectivity index (χ0n) is 15.1. The third-order valence-corrected chi connectivity index (χ3v) is 5.39. The summed E-state index contributed by atoms with van der Waals surface area (Å²) in [7, 11) is 0. The maximum atomic E-state index is 12.1. The van der Waals surface area contributed by atoms with Crippen LogP contribution in [0.25, 0.3) is 0 Å². The first-order valence-corrected chi connectivity index (χ1v) is 10.1. The second kappa shape index (κ2) is 10.1. The van der Waals surface area contributed by atoms with Gasteiger partial charge in [-0.15, -0.1) is 0 Å². The molecule has 0 bridgehead atoms. The van der Waals surface area contributed by atoms with E-state index in [1.807, 2.05) is 18.2 Å². The summed E-state index contributed by atoms with van der Waals surface area (Å²) in [6, 6.07) is 7.34. The van der Waals surface area contributed by atoms with Gasteiger partial charge in [0.1, 0.15) is 0 Å². The summed E-state index contributed by atoms with van der Waals surface area (Å²) in [5.74, 6) is 1.17. The third-order valence-electron chi connectivity index (χ3n) is 4.45. The van der Waals surface area contributed by atoms with Gasteiger partial charge >= 0.3 is 0 Å². The van der Waals surface area contributed by atoms with Crippen LogP contribution in [-0.4, -0.2) is 49.4 Å². The van der Waals surface area contributed by atoms with Gasteiger partial charge in [-0.25, -0.2) is 0 Å². The topological polar surface area (TPSA) is 61.4 Å². The number of amides is 2. The molecule has 25 heavy (non-hydrogen) atoms. The number of nitrogens with one attached hydrogen (secondary N) is 2. The van der Waals surface area contributed by atoms with Crippen LogP contribution in [0, 0.1) is 15.4 Å². The molecule has 1 aliphatic rings. The lowest BCUT2D eigenvalue weighted by atomic mass is 9.92. The highest BCUT2D eigenvalue weighted by Gasteiger charge is 2.21. The molecule has 0 spiro atoms. The van der Waals surface area contributed by atoms with E-state index in [0.29, 0.717) is 12.1 Å². The SMILES string of the molecule is CC1CC(C)CN(CCCNC(=O)CNC(=O)c2ccccc2I)C1. The predicted octanol–water partition coefficient (Wildman–Crippen LogP) is 2.51. The van der Waals surface area contributed by atoms with Gasteiger partial charge in [0, 0.05) is 23.2 Å².